The fraction of sp³-hybridized carbons (Fsp3) is 0.282. The van der Waals surface area contributed by atoms with Crippen molar-refractivity contribution in [1.29, 1.82) is 5.41 Å². The second-order valence-electron chi connectivity index (χ2n) is 14.6. The summed E-state index contributed by atoms with van der Waals surface area (Å²) >= 11 is 4.77. The molecule has 3 unspecified atom stereocenters. The Bertz CT molecular complexity index is 2830. The van der Waals surface area contributed by atoms with Gasteiger partial charge in [-0.3, -0.25) is 24.2 Å². The largest absolute Gasteiger partial charge is 0.593 e. The van der Waals surface area contributed by atoms with Crippen molar-refractivity contribution in [3.8, 4) is 16.8 Å². The van der Waals surface area contributed by atoms with E-state index in [0.717, 1.165) is 29.1 Å². The molecule has 1 fully saturated rings. The lowest BCUT2D eigenvalue weighted by Gasteiger charge is -2.25. The van der Waals surface area contributed by atoms with Gasteiger partial charge in [0.15, 0.2) is 5.84 Å². The van der Waals surface area contributed by atoms with E-state index in [0.29, 0.717) is 15.4 Å². The summed E-state index contributed by atoms with van der Waals surface area (Å²) in [6.45, 7) is -4.00. The zero-order valence-corrected chi connectivity index (χ0v) is 33.6. The van der Waals surface area contributed by atoms with Crippen molar-refractivity contribution in [1.82, 2.24) is 39.2 Å². The molecule has 1 amide bonds. The number of alkyl halides is 6. The smallest absolute Gasteiger partial charge is 0.333 e. The van der Waals surface area contributed by atoms with Crippen LogP contribution in [-0.4, -0.2) is 58.7 Å². The van der Waals surface area contributed by atoms with Gasteiger partial charge in [0.25, 0.3) is 17.9 Å². The number of nitrogens with one attached hydrogen (secondary N) is 4. The number of benzene rings is 3. The third kappa shape index (κ3) is 7.63. The first-order valence-electron chi connectivity index (χ1n) is 18.5. The van der Waals surface area contributed by atoms with Crippen molar-refractivity contribution >= 4 is 51.3 Å². The molecule has 62 heavy (non-hydrogen) atoms. The molecule has 324 valence electrons. The van der Waals surface area contributed by atoms with Gasteiger partial charge in [-0.1, -0.05) is 17.7 Å². The van der Waals surface area contributed by atoms with Gasteiger partial charge in [0, 0.05) is 42.8 Å². The minimum Gasteiger partial charge on any atom is -0.593 e. The number of aromatic nitrogens is 6. The fourth-order valence-electron chi connectivity index (χ4n) is 8.01. The Morgan fingerprint density at radius 3 is 2.45 bits per heavy atom. The van der Waals surface area contributed by atoms with Gasteiger partial charge in [-0.2, -0.15) is 32.5 Å². The molecule has 0 radical (unpaired) electrons. The molecular formula is C39H31ClF8N10O3S. The van der Waals surface area contributed by atoms with Crippen LogP contribution in [0.1, 0.15) is 65.3 Å². The van der Waals surface area contributed by atoms with Crippen LogP contribution in [0.3, 0.4) is 0 Å². The molecule has 2 aliphatic rings. The Hall–Kier alpha value is -6.00. The average Bonchev–Trinajstić information content (AvgIpc) is 3.56. The van der Waals surface area contributed by atoms with E-state index in [1.54, 1.807) is 0 Å². The number of carbonyl (C=O) groups excluding carboxylic acids is 1. The molecule has 3 aromatic carbocycles. The molecule has 4 atom stereocenters. The number of amides is 1. The van der Waals surface area contributed by atoms with Crippen LogP contribution in [0, 0.1) is 23.0 Å². The fourth-order valence-corrected chi connectivity index (χ4v) is 8.65. The van der Waals surface area contributed by atoms with Crippen LogP contribution in [0.5, 0.6) is 0 Å². The highest BCUT2D eigenvalue weighted by Gasteiger charge is 2.67. The molecule has 0 spiro atoms. The first kappa shape index (κ1) is 42.7. The molecule has 0 saturated heterocycles. The Balaban J connectivity index is 1.33. The molecule has 3 aromatic heterocycles. The van der Waals surface area contributed by atoms with E-state index in [1.807, 2.05) is 0 Å². The summed E-state index contributed by atoms with van der Waals surface area (Å²) in [5, 5.41) is 21.4. The number of nitrogens with zero attached hydrogens (tertiary/aromatic N) is 6. The Morgan fingerprint density at radius 1 is 1.08 bits per heavy atom. The van der Waals surface area contributed by atoms with Crippen molar-refractivity contribution in [2.45, 2.75) is 50.2 Å². The zero-order valence-electron chi connectivity index (χ0n) is 32.0. The second-order valence-corrected chi connectivity index (χ2v) is 16.1. The molecule has 13 nitrogen and oxygen atoms in total. The maximum atomic E-state index is 15.5. The lowest BCUT2D eigenvalue weighted by atomic mass is 10.0. The summed E-state index contributed by atoms with van der Waals surface area (Å²) in [5.41, 5.74) is -2.69. The van der Waals surface area contributed by atoms with Crippen LogP contribution in [0.15, 0.2) is 65.7 Å². The van der Waals surface area contributed by atoms with Gasteiger partial charge < -0.3 is 15.2 Å². The molecule has 4 N–H and O–H groups in total. The lowest BCUT2D eigenvalue weighted by Crippen LogP contribution is -2.38. The number of fused-ring (bicyclic) bond motifs is 4. The summed E-state index contributed by atoms with van der Waals surface area (Å²) in [6, 6.07) is 7.68. The molecule has 8 rings (SSSR count). The highest BCUT2D eigenvalue weighted by atomic mass is 35.5. The quantitative estimate of drug-likeness (QED) is 0.0406. The number of hydrogen-bond donors (Lipinski definition) is 4. The van der Waals surface area contributed by atoms with Gasteiger partial charge in [-0.25, -0.2) is 27.2 Å². The molecule has 6 aromatic rings. The Morgan fingerprint density at radius 2 is 1.81 bits per heavy atom. The van der Waals surface area contributed by atoms with Gasteiger partial charge in [0.05, 0.1) is 56.5 Å². The van der Waals surface area contributed by atoms with Crippen molar-refractivity contribution in [3.05, 3.63) is 122 Å². The lowest BCUT2D eigenvalue weighted by molar-refractivity contribution is -0.123. The number of carbonyl (C=O) groups is 1. The van der Waals surface area contributed by atoms with Crippen LogP contribution in [0.2, 0.25) is 5.02 Å². The van der Waals surface area contributed by atoms with E-state index < -0.39 is 101 Å². The van der Waals surface area contributed by atoms with Crippen molar-refractivity contribution < 1.29 is 44.5 Å². The van der Waals surface area contributed by atoms with Gasteiger partial charge in [0.1, 0.15) is 41.6 Å². The molecular weight excluding hydrogens is 876 g/mol. The maximum Gasteiger partial charge on any atom is 0.333 e. The van der Waals surface area contributed by atoms with E-state index in [-0.39, 0.29) is 67.4 Å². The van der Waals surface area contributed by atoms with Crippen molar-refractivity contribution in [3.63, 3.8) is 0 Å². The van der Waals surface area contributed by atoms with E-state index in [2.05, 4.69) is 25.6 Å². The zero-order chi connectivity index (χ0) is 44.5. The van der Waals surface area contributed by atoms with E-state index >= 15 is 8.78 Å². The van der Waals surface area contributed by atoms with Crippen LogP contribution < -0.4 is 20.9 Å². The van der Waals surface area contributed by atoms with Crippen molar-refractivity contribution in [2.24, 2.45) is 5.92 Å². The molecule has 3 heterocycles. The summed E-state index contributed by atoms with van der Waals surface area (Å²) in [4.78, 5) is 33.7. The molecule has 23 heteroatoms. The van der Waals surface area contributed by atoms with Crippen LogP contribution >= 0.6 is 11.6 Å². The Kier molecular flexibility index (Phi) is 11.0. The van der Waals surface area contributed by atoms with Crippen LogP contribution in [0.25, 0.3) is 27.7 Å². The van der Waals surface area contributed by atoms with Crippen molar-refractivity contribution in [2.75, 3.05) is 18.6 Å². The highest BCUT2D eigenvalue weighted by molar-refractivity contribution is 7.89. The molecule has 0 bridgehead atoms. The van der Waals surface area contributed by atoms with Gasteiger partial charge in [-0.05, 0) is 59.9 Å². The maximum absolute atomic E-state index is 15.5. The monoisotopic (exact) mass is 906 g/mol. The number of amidine groups is 1. The minimum absolute atomic E-state index is 0.00436. The third-order valence-electron chi connectivity index (χ3n) is 10.6. The first-order valence-corrected chi connectivity index (χ1v) is 20.4. The van der Waals surface area contributed by atoms with Crippen LogP contribution in [-0.2, 0) is 35.0 Å². The minimum atomic E-state index is -3.58. The van der Waals surface area contributed by atoms with Crippen LogP contribution in [0.4, 0.5) is 40.8 Å². The van der Waals surface area contributed by atoms with E-state index in [4.69, 9.17) is 22.0 Å². The SMILES string of the molecule is CNc1c(-n2c(C(Cc3cc(F)cc(F)c3)NC(=O)Cn3nc(C(F)F)c4c3C(F)(F)C3C[C@H]43)nc3cc(-c4cnn(C(F)F)c4)ccc3c2=O)ccc(Cl)c1C(=N)N[S+](C)[O-]. The predicted molar refractivity (Wildman–Crippen MR) is 211 cm³/mol. The number of anilines is 1. The predicted octanol–water partition coefficient (Wildman–Crippen LogP) is 7.27. The standard InChI is InChI=1S/C39H31ClF8N10O3S/c1-50-31-27(6-5-24(40)30(31)35(49)55-62(2)61)58-36(53-25-10-17(3-4-21(25)37(58)60)18-13-51-57(14-18)38(45)46)26(9-16-7-19(41)11-20(42)8-16)52-28(59)15-56-33-29(32(54-56)34(43)44)22-12-23(22)39(33,47)48/h3-8,10-11,13-14,22-23,26,34,38,50H,9,12,15H2,1-2H3,(H2,49,55)(H,52,59)/t22-,23?,26?,62?/m0/s1. The van der Waals surface area contributed by atoms with Gasteiger partial charge >= 0.3 is 6.55 Å². The number of halogens is 9. The first-order chi connectivity index (χ1) is 29.4. The number of hydrogen-bond acceptors (Lipinski definition) is 8. The molecule has 2 aliphatic carbocycles. The Labute approximate surface area is 352 Å². The second kappa shape index (κ2) is 16.0. The van der Waals surface area contributed by atoms with E-state index in [1.165, 1.54) is 43.6 Å². The molecule has 0 aliphatic heterocycles. The van der Waals surface area contributed by atoms with Gasteiger partial charge in [0.2, 0.25) is 5.91 Å². The molecule has 1 saturated carbocycles. The summed E-state index contributed by atoms with van der Waals surface area (Å²) in [6.07, 6.45) is -0.334. The summed E-state index contributed by atoms with van der Waals surface area (Å²) in [7, 11) is 1.42. The highest BCUT2D eigenvalue weighted by Crippen LogP contribution is 2.68. The topological polar surface area (TPSA) is 171 Å². The van der Waals surface area contributed by atoms with E-state index in [9.17, 15) is 40.5 Å². The summed E-state index contributed by atoms with van der Waals surface area (Å²) < 4.78 is 132. The summed E-state index contributed by atoms with van der Waals surface area (Å²) in [5.74, 6) is -9.61. The average molecular weight is 907 g/mol. The third-order valence-corrected chi connectivity index (χ3v) is 11.4. The number of rotatable bonds is 13. The van der Waals surface area contributed by atoms with Gasteiger partial charge in [-0.15, -0.1) is 0 Å². The normalized spacial score (nSPS) is 17.3.